The SMILES string of the molecule is CNC[C@H](Cc1ccc(F)c(F)c1)NC(=O)c1cc(-c2ncnn2C)cs1. The minimum atomic E-state index is -0.895. The van der Waals surface area contributed by atoms with E-state index in [-0.39, 0.29) is 11.9 Å². The molecule has 0 aliphatic carbocycles. The zero-order valence-corrected chi connectivity index (χ0v) is 15.7. The lowest BCUT2D eigenvalue weighted by atomic mass is 10.1. The van der Waals surface area contributed by atoms with Crippen LogP contribution < -0.4 is 10.6 Å². The van der Waals surface area contributed by atoms with E-state index in [2.05, 4.69) is 20.7 Å². The summed E-state index contributed by atoms with van der Waals surface area (Å²) in [5.74, 6) is -1.33. The zero-order valence-electron chi connectivity index (χ0n) is 14.9. The molecule has 1 aromatic carbocycles. The molecule has 1 atom stereocenters. The number of carbonyl (C=O) groups is 1. The number of amides is 1. The van der Waals surface area contributed by atoms with Gasteiger partial charge in [-0.05, 0) is 37.2 Å². The van der Waals surface area contributed by atoms with Crippen LogP contribution in [0.1, 0.15) is 15.2 Å². The molecule has 3 aromatic rings. The highest BCUT2D eigenvalue weighted by atomic mass is 32.1. The molecule has 0 aliphatic rings. The standard InChI is InChI=1S/C18H19F2N5OS/c1-21-8-13(5-11-3-4-14(19)15(20)6-11)24-18(26)16-7-12(9-27-16)17-22-10-23-25(17)2/h3-4,6-7,9-10,13,21H,5,8H2,1-2H3,(H,24,26)/t13-/m0/s1. The van der Waals surface area contributed by atoms with E-state index in [1.807, 2.05) is 5.38 Å². The van der Waals surface area contributed by atoms with Crippen molar-refractivity contribution in [2.45, 2.75) is 12.5 Å². The molecule has 2 aromatic heterocycles. The van der Waals surface area contributed by atoms with Crippen LogP contribution >= 0.6 is 11.3 Å². The van der Waals surface area contributed by atoms with Crippen molar-refractivity contribution >= 4 is 17.2 Å². The van der Waals surface area contributed by atoms with Gasteiger partial charge < -0.3 is 10.6 Å². The van der Waals surface area contributed by atoms with E-state index in [1.54, 1.807) is 24.8 Å². The van der Waals surface area contributed by atoms with Crippen LogP contribution in [0.15, 0.2) is 36.0 Å². The summed E-state index contributed by atoms with van der Waals surface area (Å²) in [5, 5.41) is 11.8. The van der Waals surface area contributed by atoms with Crippen molar-refractivity contribution in [2.24, 2.45) is 7.05 Å². The Morgan fingerprint density at radius 2 is 2.11 bits per heavy atom. The van der Waals surface area contributed by atoms with Gasteiger partial charge in [0.25, 0.3) is 5.91 Å². The summed E-state index contributed by atoms with van der Waals surface area (Å²) in [6.07, 6.45) is 1.84. The molecule has 142 valence electrons. The quantitative estimate of drug-likeness (QED) is 0.649. The number of hydrogen-bond donors (Lipinski definition) is 2. The average Bonchev–Trinajstić information content (AvgIpc) is 3.27. The molecule has 0 saturated carbocycles. The molecule has 3 rings (SSSR count). The monoisotopic (exact) mass is 391 g/mol. The van der Waals surface area contributed by atoms with Gasteiger partial charge in [-0.15, -0.1) is 11.3 Å². The summed E-state index contributed by atoms with van der Waals surface area (Å²) in [6, 6.07) is 5.26. The van der Waals surface area contributed by atoms with E-state index in [0.29, 0.717) is 29.2 Å². The lowest BCUT2D eigenvalue weighted by molar-refractivity contribution is 0.0941. The van der Waals surface area contributed by atoms with Gasteiger partial charge >= 0.3 is 0 Å². The molecule has 0 unspecified atom stereocenters. The molecule has 9 heteroatoms. The lowest BCUT2D eigenvalue weighted by Gasteiger charge is -2.18. The summed E-state index contributed by atoms with van der Waals surface area (Å²) in [6.45, 7) is 0.492. The Balaban J connectivity index is 1.70. The third-order valence-electron chi connectivity index (χ3n) is 4.04. The van der Waals surface area contributed by atoms with Crippen LogP contribution in [0.5, 0.6) is 0 Å². The Morgan fingerprint density at radius 1 is 1.30 bits per heavy atom. The van der Waals surface area contributed by atoms with Crippen LogP contribution in [-0.2, 0) is 13.5 Å². The van der Waals surface area contributed by atoms with E-state index < -0.39 is 11.6 Å². The normalized spacial score (nSPS) is 12.1. The fourth-order valence-corrected chi connectivity index (χ4v) is 3.55. The molecule has 0 saturated heterocycles. The Kier molecular flexibility index (Phi) is 5.92. The van der Waals surface area contributed by atoms with Crippen LogP contribution in [0.25, 0.3) is 11.4 Å². The maximum absolute atomic E-state index is 13.4. The third-order valence-corrected chi connectivity index (χ3v) is 4.97. The van der Waals surface area contributed by atoms with Gasteiger partial charge in [0.1, 0.15) is 6.33 Å². The molecule has 0 bridgehead atoms. The van der Waals surface area contributed by atoms with Gasteiger partial charge in [0.05, 0.1) is 4.88 Å². The number of thiophene rings is 1. The Bertz CT molecular complexity index is 939. The molecule has 1 amide bonds. The predicted molar refractivity (Wildman–Crippen MR) is 99.6 cm³/mol. The van der Waals surface area contributed by atoms with Crippen molar-refractivity contribution in [2.75, 3.05) is 13.6 Å². The highest BCUT2D eigenvalue weighted by Gasteiger charge is 2.17. The smallest absolute Gasteiger partial charge is 0.261 e. The Labute approximate surface area is 159 Å². The summed E-state index contributed by atoms with van der Waals surface area (Å²) < 4.78 is 28.2. The Hall–Kier alpha value is -2.65. The third kappa shape index (κ3) is 4.55. The van der Waals surface area contributed by atoms with E-state index >= 15 is 0 Å². The van der Waals surface area contributed by atoms with Gasteiger partial charge in [-0.3, -0.25) is 4.79 Å². The van der Waals surface area contributed by atoms with Crippen molar-refractivity contribution in [3.63, 3.8) is 0 Å². The van der Waals surface area contributed by atoms with E-state index in [9.17, 15) is 13.6 Å². The minimum absolute atomic E-state index is 0.226. The minimum Gasteiger partial charge on any atom is -0.347 e. The number of rotatable bonds is 7. The van der Waals surface area contributed by atoms with Crippen molar-refractivity contribution in [3.8, 4) is 11.4 Å². The van der Waals surface area contributed by atoms with E-state index in [4.69, 9.17) is 0 Å². The molecule has 6 nitrogen and oxygen atoms in total. The molecule has 2 heterocycles. The number of aromatic nitrogens is 3. The molecule has 27 heavy (non-hydrogen) atoms. The van der Waals surface area contributed by atoms with E-state index in [1.165, 1.54) is 23.7 Å². The summed E-state index contributed by atoms with van der Waals surface area (Å²) in [4.78, 5) is 17.3. The van der Waals surface area contributed by atoms with Crippen molar-refractivity contribution in [1.29, 1.82) is 0 Å². The highest BCUT2D eigenvalue weighted by Crippen LogP contribution is 2.23. The number of hydrogen-bond acceptors (Lipinski definition) is 5. The molecule has 0 radical (unpaired) electrons. The number of nitrogens with one attached hydrogen (secondary N) is 2. The van der Waals surface area contributed by atoms with Gasteiger partial charge in [0.15, 0.2) is 17.5 Å². The number of halogens is 2. The molecule has 0 aliphatic heterocycles. The molecular weight excluding hydrogens is 372 g/mol. The number of aryl methyl sites for hydroxylation is 1. The lowest BCUT2D eigenvalue weighted by Crippen LogP contribution is -2.42. The molecule has 2 N–H and O–H groups in total. The average molecular weight is 391 g/mol. The second-order valence-corrected chi connectivity index (χ2v) is 7.00. The highest BCUT2D eigenvalue weighted by molar-refractivity contribution is 7.12. The maximum Gasteiger partial charge on any atom is 0.261 e. The van der Waals surface area contributed by atoms with Crippen LogP contribution in [-0.4, -0.2) is 40.3 Å². The number of carbonyl (C=O) groups excluding carboxylic acids is 1. The number of nitrogens with zero attached hydrogens (tertiary/aromatic N) is 3. The van der Waals surface area contributed by atoms with Gasteiger partial charge in [-0.2, -0.15) is 5.10 Å². The topological polar surface area (TPSA) is 71.8 Å². The first-order chi connectivity index (χ1) is 13.0. The van der Waals surface area contributed by atoms with Gasteiger partial charge in [0.2, 0.25) is 0 Å². The maximum atomic E-state index is 13.4. The van der Waals surface area contributed by atoms with Crippen LogP contribution in [0.3, 0.4) is 0 Å². The fourth-order valence-electron chi connectivity index (χ4n) is 2.76. The first kappa shape index (κ1) is 19.1. The van der Waals surface area contributed by atoms with Gasteiger partial charge in [-0.25, -0.2) is 18.4 Å². The van der Waals surface area contributed by atoms with E-state index in [0.717, 1.165) is 17.7 Å². The van der Waals surface area contributed by atoms with Crippen LogP contribution in [0.2, 0.25) is 0 Å². The van der Waals surface area contributed by atoms with Crippen molar-refractivity contribution < 1.29 is 13.6 Å². The summed E-state index contributed by atoms with van der Waals surface area (Å²) in [7, 11) is 3.55. The van der Waals surface area contributed by atoms with Crippen LogP contribution in [0, 0.1) is 11.6 Å². The predicted octanol–water partition coefficient (Wildman–Crippen LogP) is 2.38. The van der Waals surface area contributed by atoms with Gasteiger partial charge in [-0.1, -0.05) is 6.07 Å². The summed E-state index contributed by atoms with van der Waals surface area (Å²) >= 11 is 1.31. The second-order valence-electron chi connectivity index (χ2n) is 6.09. The Morgan fingerprint density at radius 3 is 2.78 bits per heavy atom. The molecule has 0 spiro atoms. The first-order valence-electron chi connectivity index (χ1n) is 8.30. The number of benzene rings is 1. The first-order valence-corrected chi connectivity index (χ1v) is 9.18. The number of likely N-dealkylation sites (N-methyl/N-ethyl adjacent to an activating group) is 1. The van der Waals surface area contributed by atoms with Gasteiger partial charge in [0, 0.05) is 30.6 Å². The fraction of sp³-hybridized carbons (Fsp3) is 0.278. The zero-order chi connectivity index (χ0) is 19.4. The van der Waals surface area contributed by atoms with Crippen molar-refractivity contribution in [1.82, 2.24) is 25.4 Å². The van der Waals surface area contributed by atoms with Crippen molar-refractivity contribution in [3.05, 3.63) is 58.0 Å². The summed E-state index contributed by atoms with van der Waals surface area (Å²) in [5.41, 5.74) is 1.43. The van der Waals surface area contributed by atoms with Crippen LogP contribution in [0.4, 0.5) is 8.78 Å². The second kappa shape index (κ2) is 8.36. The molecular formula is C18H19F2N5OS. The molecule has 0 fully saturated rings. The largest absolute Gasteiger partial charge is 0.347 e.